The maximum Gasteiger partial charge on any atom is 0.0593 e. The zero-order valence-corrected chi connectivity index (χ0v) is 11.6. The monoisotopic (exact) mass is 214 g/mol. The Morgan fingerprint density at radius 2 is 1.47 bits per heavy atom. The van der Waals surface area contributed by atoms with Gasteiger partial charge >= 0.3 is 0 Å². The summed E-state index contributed by atoms with van der Waals surface area (Å²) in [6, 6.07) is 0. The minimum atomic E-state index is -0.130. The fourth-order valence-corrected chi connectivity index (χ4v) is 1.90. The highest BCUT2D eigenvalue weighted by molar-refractivity contribution is 4.80. The standard InChI is InChI=1S/C14H30O/c1-7-14(6,8-2)12(15)10-9-11-13(3,4)5/h12,15H,7-11H2,1-6H3. The van der Waals surface area contributed by atoms with Gasteiger partial charge in [0, 0.05) is 0 Å². The minimum absolute atomic E-state index is 0.123. The molecule has 0 saturated heterocycles. The van der Waals surface area contributed by atoms with Gasteiger partial charge in [0.1, 0.15) is 0 Å². The Kier molecular flexibility index (Phi) is 5.87. The molecule has 0 aliphatic rings. The maximum atomic E-state index is 10.2. The number of hydrogen-bond donors (Lipinski definition) is 1. The molecule has 0 rings (SSSR count). The van der Waals surface area contributed by atoms with E-state index in [2.05, 4.69) is 41.5 Å². The third-order valence-corrected chi connectivity index (χ3v) is 3.82. The van der Waals surface area contributed by atoms with Crippen LogP contribution in [0.2, 0.25) is 0 Å². The highest BCUT2D eigenvalue weighted by atomic mass is 16.3. The van der Waals surface area contributed by atoms with Gasteiger partial charge in [0.15, 0.2) is 0 Å². The van der Waals surface area contributed by atoms with E-state index in [1.807, 2.05) is 0 Å². The summed E-state index contributed by atoms with van der Waals surface area (Å²) in [7, 11) is 0. The third kappa shape index (κ3) is 5.55. The smallest absolute Gasteiger partial charge is 0.0593 e. The first-order valence-corrected chi connectivity index (χ1v) is 6.43. The highest BCUT2D eigenvalue weighted by Gasteiger charge is 2.28. The van der Waals surface area contributed by atoms with E-state index in [0.717, 1.165) is 25.7 Å². The van der Waals surface area contributed by atoms with Crippen LogP contribution in [0.4, 0.5) is 0 Å². The summed E-state index contributed by atoms with van der Waals surface area (Å²) in [6.45, 7) is 13.3. The second kappa shape index (κ2) is 5.89. The molecule has 1 atom stereocenters. The van der Waals surface area contributed by atoms with Crippen LogP contribution in [0.3, 0.4) is 0 Å². The number of aliphatic hydroxyl groups is 1. The van der Waals surface area contributed by atoms with Crippen molar-refractivity contribution in [1.29, 1.82) is 0 Å². The third-order valence-electron chi connectivity index (χ3n) is 3.82. The molecule has 0 bridgehead atoms. The van der Waals surface area contributed by atoms with E-state index in [0.29, 0.717) is 5.41 Å². The summed E-state index contributed by atoms with van der Waals surface area (Å²) >= 11 is 0. The molecule has 15 heavy (non-hydrogen) atoms. The zero-order chi connectivity index (χ0) is 12.1. The normalized spacial score (nSPS) is 15.4. The number of hydrogen-bond acceptors (Lipinski definition) is 1. The maximum absolute atomic E-state index is 10.2. The summed E-state index contributed by atoms with van der Waals surface area (Å²) in [6.07, 6.45) is 5.30. The van der Waals surface area contributed by atoms with Crippen LogP contribution in [0, 0.1) is 10.8 Å². The van der Waals surface area contributed by atoms with E-state index in [9.17, 15) is 5.11 Å². The Bertz CT molecular complexity index is 163. The average Bonchev–Trinajstić information content (AvgIpc) is 2.14. The van der Waals surface area contributed by atoms with Crippen LogP contribution in [0.5, 0.6) is 0 Å². The van der Waals surface area contributed by atoms with Crippen molar-refractivity contribution in [3.63, 3.8) is 0 Å². The molecule has 0 aromatic heterocycles. The average molecular weight is 214 g/mol. The molecule has 92 valence electrons. The van der Waals surface area contributed by atoms with Crippen LogP contribution in [0.15, 0.2) is 0 Å². The number of aliphatic hydroxyl groups excluding tert-OH is 1. The molecule has 0 amide bonds. The predicted molar refractivity (Wildman–Crippen MR) is 68.0 cm³/mol. The Labute approximate surface area is 96.3 Å². The molecule has 0 saturated carbocycles. The van der Waals surface area contributed by atoms with Crippen LogP contribution in [-0.2, 0) is 0 Å². The fourth-order valence-electron chi connectivity index (χ4n) is 1.90. The van der Waals surface area contributed by atoms with Crippen molar-refractivity contribution in [2.75, 3.05) is 0 Å². The Balaban J connectivity index is 3.97. The van der Waals surface area contributed by atoms with Gasteiger partial charge in [-0.25, -0.2) is 0 Å². The first kappa shape index (κ1) is 15.0. The van der Waals surface area contributed by atoms with Gasteiger partial charge in [-0.3, -0.25) is 0 Å². The van der Waals surface area contributed by atoms with Crippen LogP contribution in [-0.4, -0.2) is 11.2 Å². The van der Waals surface area contributed by atoms with Crippen LogP contribution in [0.1, 0.15) is 73.6 Å². The molecule has 0 aliphatic heterocycles. The van der Waals surface area contributed by atoms with E-state index in [1.54, 1.807) is 0 Å². The molecule has 1 heteroatoms. The molecule has 0 aromatic rings. The van der Waals surface area contributed by atoms with Crippen molar-refractivity contribution in [1.82, 2.24) is 0 Å². The lowest BCUT2D eigenvalue weighted by atomic mass is 9.76. The van der Waals surface area contributed by atoms with Gasteiger partial charge in [-0.05, 0) is 36.5 Å². The molecule has 1 unspecified atom stereocenters. The summed E-state index contributed by atoms with van der Waals surface area (Å²) in [5.74, 6) is 0. The van der Waals surface area contributed by atoms with Crippen molar-refractivity contribution < 1.29 is 5.11 Å². The van der Waals surface area contributed by atoms with Gasteiger partial charge in [-0.2, -0.15) is 0 Å². The molecule has 1 N–H and O–H groups in total. The second-order valence-electron chi connectivity index (χ2n) is 6.33. The topological polar surface area (TPSA) is 20.2 Å². The Hall–Kier alpha value is -0.0400. The van der Waals surface area contributed by atoms with Gasteiger partial charge in [-0.15, -0.1) is 0 Å². The van der Waals surface area contributed by atoms with Gasteiger partial charge in [0.25, 0.3) is 0 Å². The van der Waals surface area contributed by atoms with Gasteiger partial charge in [0.05, 0.1) is 6.10 Å². The molecule has 1 nitrogen and oxygen atoms in total. The predicted octanol–water partition coefficient (Wildman–Crippen LogP) is 4.39. The van der Waals surface area contributed by atoms with Gasteiger partial charge in [-0.1, -0.05) is 48.0 Å². The number of rotatable bonds is 6. The van der Waals surface area contributed by atoms with Crippen molar-refractivity contribution in [2.24, 2.45) is 10.8 Å². The summed E-state index contributed by atoms with van der Waals surface area (Å²) in [4.78, 5) is 0. The Morgan fingerprint density at radius 3 is 1.80 bits per heavy atom. The first-order chi connectivity index (χ1) is 6.75. The fraction of sp³-hybridized carbons (Fsp3) is 1.00. The van der Waals surface area contributed by atoms with E-state index >= 15 is 0 Å². The minimum Gasteiger partial charge on any atom is -0.393 e. The van der Waals surface area contributed by atoms with Crippen LogP contribution in [0.25, 0.3) is 0 Å². The van der Waals surface area contributed by atoms with Crippen molar-refractivity contribution in [3.05, 3.63) is 0 Å². The van der Waals surface area contributed by atoms with E-state index in [-0.39, 0.29) is 11.5 Å². The largest absolute Gasteiger partial charge is 0.393 e. The van der Waals surface area contributed by atoms with E-state index in [4.69, 9.17) is 0 Å². The van der Waals surface area contributed by atoms with Crippen LogP contribution < -0.4 is 0 Å². The van der Waals surface area contributed by atoms with Crippen molar-refractivity contribution in [2.45, 2.75) is 79.8 Å². The lowest BCUT2D eigenvalue weighted by Crippen LogP contribution is -2.31. The molecular formula is C14H30O. The Morgan fingerprint density at radius 1 is 1.00 bits per heavy atom. The molecule has 0 radical (unpaired) electrons. The molecule has 0 heterocycles. The van der Waals surface area contributed by atoms with Gasteiger partial charge < -0.3 is 5.11 Å². The molecular weight excluding hydrogens is 184 g/mol. The molecule has 0 spiro atoms. The van der Waals surface area contributed by atoms with E-state index in [1.165, 1.54) is 6.42 Å². The summed E-state index contributed by atoms with van der Waals surface area (Å²) in [5, 5.41) is 10.2. The summed E-state index contributed by atoms with van der Waals surface area (Å²) in [5.41, 5.74) is 0.520. The van der Waals surface area contributed by atoms with Crippen LogP contribution >= 0.6 is 0 Å². The second-order valence-corrected chi connectivity index (χ2v) is 6.33. The van der Waals surface area contributed by atoms with Gasteiger partial charge in [0.2, 0.25) is 0 Å². The lowest BCUT2D eigenvalue weighted by Gasteiger charge is -2.33. The SMILES string of the molecule is CCC(C)(CC)C(O)CCCC(C)(C)C. The molecule has 0 aromatic carbocycles. The van der Waals surface area contributed by atoms with Crippen molar-refractivity contribution >= 4 is 0 Å². The zero-order valence-electron chi connectivity index (χ0n) is 11.6. The molecule has 0 fully saturated rings. The van der Waals surface area contributed by atoms with Crippen molar-refractivity contribution in [3.8, 4) is 0 Å². The van der Waals surface area contributed by atoms with E-state index < -0.39 is 0 Å². The molecule has 0 aliphatic carbocycles. The highest BCUT2D eigenvalue weighted by Crippen LogP contribution is 2.33. The quantitative estimate of drug-likeness (QED) is 0.695. The summed E-state index contributed by atoms with van der Waals surface area (Å²) < 4.78 is 0. The lowest BCUT2D eigenvalue weighted by molar-refractivity contribution is 0.0212. The first-order valence-electron chi connectivity index (χ1n) is 6.43.